The normalized spacial score (nSPS) is 17.9. The molecule has 25 heavy (non-hydrogen) atoms. The Morgan fingerprint density at radius 3 is 2.84 bits per heavy atom. The number of aryl methyl sites for hydroxylation is 2. The van der Waals surface area contributed by atoms with Gasteiger partial charge < -0.3 is 4.90 Å². The molecule has 1 aliphatic rings. The van der Waals surface area contributed by atoms with Crippen LogP contribution in [-0.4, -0.2) is 43.8 Å². The van der Waals surface area contributed by atoms with Crippen LogP contribution in [0.15, 0.2) is 24.4 Å². The van der Waals surface area contributed by atoms with Crippen LogP contribution in [0.3, 0.4) is 0 Å². The van der Waals surface area contributed by atoms with E-state index in [1.54, 1.807) is 10.7 Å². The Morgan fingerprint density at radius 2 is 2.08 bits per heavy atom. The van der Waals surface area contributed by atoms with E-state index in [1.807, 2.05) is 49.1 Å². The summed E-state index contributed by atoms with van der Waals surface area (Å²) in [6, 6.07) is 5.76. The summed E-state index contributed by atoms with van der Waals surface area (Å²) in [4.78, 5) is 15.4. The Balaban J connectivity index is 1.60. The molecule has 1 fully saturated rings. The predicted octanol–water partition coefficient (Wildman–Crippen LogP) is 2.85. The van der Waals surface area contributed by atoms with Crippen LogP contribution >= 0.6 is 0 Å². The molecule has 0 radical (unpaired) electrons. The van der Waals surface area contributed by atoms with Crippen LogP contribution in [0, 0.1) is 13.8 Å². The molecule has 0 aliphatic carbocycles. The monoisotopic (exact) mass is 338 g/mol. The summed E-state index contributed by atoms with van der Waals surface area (Å²) >= 11 is 0. The molecule has 1 atom stereocenters. The van der Waals surface area contributed by atoms with Crippen LogP contribution in [0.1, 0.15) is 29.3 Å². The molecule has 0 bridgehead atoms. The third-order valence-corrected chi connectivity index (χ3v) is 4.34. The summed E-state index contributed by atoms with van der Waals surface area (Å²) in [5, 5.41) is 4.49. The summed E-state index contributed by atoms with van der Waals surface area (Å²) in [6.45, 7) is 4.98. The molecule has 4 rings (SSSR count). The van der Waals surface area contributed by atoms with Crippen molar-refractivity contribution in [2.75, 3.05) is 18.0 Å². The van der Waals surface area contributed by atoms with Crippen molar-refractivity contribution in [1.29, 1.82) is 0 Å². The Hall–Kier alpha value is -2.83. The van der Waals surface area contributed by atoms with Crippen molar-refractivity contribution in [2.24, 2.45) is 0 Å². The van der Waals surface area contributed by atoms with Crippen LogP contribution in [0.2, 0.25) is 0 Å². The second kappa shape index (κ2) is 6.23. The number of rotatable bonds is 3. The van der Waals surface area contributed by atoms with Gasteiger partial charge in [-0.15, -0.1) is 5.10 Å². The van der Waals surface area contributed by atoms with E-state index in [4.69, 9.17) is 0 Å². The highest BCUT2D eigenvalue weighted by Crippen LogP contribution is 2.20. The first-order chi connectivity index (χ1) is 12.1. The second-order valence-corrected chi connectivity index (χ2v) is 6.28. The number of hydrogen-bond donors (Lipinski definition) is 0. The zero-order chi connectivity index (χ0) is 17.4. The van der Waals surface area contributed by atoms with Gasteiger partial charge in [0.25, 0.3) is 0 Å². The van der Waals surface area contributed by atoms with E-state index in [2.05, 4.69) is 20.1 Å². The van der Waals surface area contributed by atoms with Gasteiger partial charge in [-0.3, -0.25) is 4.98 Å². The topological polar surface area (TPSA) is 59.2 Å². The van der Waals surface area contributed by atoms with Gasteiger partial charge in [0.15, 0.2) is 11.5 Å². The van der Waals surface area contributed by atoms with Crippen molar-refractivity contribution in [3.63, 3.8) is 0 Å². The van der Waals surface area contributed by atoms with Gasteiger partial charge in [0.1, 0.15) is 12.0 Å². The van der Waals surface area contributed by atoms with Crippen LogP contribution in [0.4, 0.5) is 10.2 Å². The van der Waals surface area contributed by atoms with Gasteiger partial charge in [0.05, 0.1) is 23.6 Å². The highest BCUT2D eigenvalue weighted by molar-refractivity contribution is 5.66. The van der Waals surface area contributed by atoms with E-state index in [-0.39, 0.29) is 0 Å². The maximum absolute atomic E-state index is 13.4. The fourth-order valence-corrected chi connectivity index (χ4v) is 2.98. The zero-order valence-corrected chi connectivity index (χ0v) is 14.2. The molecule has 3 aromatic rings. The number of aromatic nitrogens is 5. The van der Waals surface area contributed by atoms with Gasteiger partial charge in [-0.25, -0.2) is 18.9 Å². The zero-order valence-electron chi connectivity index (χ0n) is 14.2. The minimum absolute atomic E-state index is 0.416. The van der Waals surface area contributed by atoms with Gasteiger partial charge in [-0.05, 0) is 44.6 Å². The highest BCUT2D eigenvalue weighted by atomic mass is 19.1. The van der Waals surface area contributed by atoms with E-state index in [9.17, 15) is 4.39 Å². The molecule has 0 aromatic carbocycles. The average molecular weight is 338 g/mol. The number of nitrogens with zero attached hydrogens (tertiary/aromatic N) is 6. The Morgan fingerprint density at radius 1 is 1.20 bits per heavy atom. The minimum Gasteiger partial charge on any atom is -0.354 e. The maximum Gasteiger partial charge on any atom is 0.177 e. The number of hydrogen-bond acceptors (Lipinski definition) is 5. The first-order valence-electron chi connectivity index (χ1n) is 8.33. The molecule has 4 heterocycles. The minimum atomic E-state index is -0.761. The summed E-state index contributed by atoms with van der Waals surface area (Å²) in [6.07, 6.45) is 5.30. The van der Waals surface area contributed by atoms with E-state index in [0.717, 1.165) is 28.5 Å². The average Bonchev–Trinajstić information content (AvgIpc) is 3.24. The van der Waals surface area contributed by atoms with Crippen LogP contribution in [-0.2, 0) is 0 Å². The van der Waals surface area contributed by atoms with Gasteiger partial charge in [0.2, 0.25) is 0 Å². The molecular weight excluding hydrogens is 319 g/mol. The molecule has 0 saturated carbocycles. The number of alkyl halides is 1. The number of halogens is 1. The number of fused-ring (bicyclic) bond motifs is 1. The van der Waals surface area contributed by atoms with Crippen molar-refractivity contribution in [2.45, 2.75) is 26.4 Å². The second-order valence-electron chi connectivity index (χ2n) is 6.28. The van der Waals surface area contributed by atoms with Gasteiger partial charge in [-0.1, -0.05) is 6.07 Å². The lowest BCUT2D eigenvalue weighted by atomic mass is 10.3. The van der Waals surface area contributed by atoms with Crippen molar-refractivity contribution in [3.05, 3.63) is 47.3 Å². The molecule has 0 amide bonds. The van der Waals surface area contributed by atoms with Crippen molar-refractivity contribution >= 4 is 23.6 Å². The molecule has 1 saturated heterocycles. The Labute approximate surface area is 145 Å². The van der Waals surface area contributed by atoms with Gasteiger partial charge >= 0.3 is 0 Å². The molecule has 6 nitrogen and oxygen atoms in total. The number of pyridine rings is 1. The lowest BCUT2D eigenvalue weighted by molar-refractivity contribution is 0.364. The third-order valence-electron chi connectivity index (χ3n) is 4.34. The van der Waals surface area contributed by atoms with E-state index in [0.29, 0.717) is 25.3 Å². The summed E-state index contributed by atoms with van der Waals surface area (Å²) in [5.41, 5.74) is 3.33. The van der Waals surface area contributed by atoms with Gasteiger partial charge in [0, 0.05) is 12.7 Å². The summed E-state index contributed by atoms with van der Waals surface area (Å²) < 4.78 is 15.2. The standard InChI is InChI=1S/C18H19FN6/c1-12-10-20-13(2)18-22-16(23-25(12)18)7-6-15-4-3-5-17(21-15)24-9-8-14(19)11-24/h3-7,10,14H,8-9,11H2,1-2H3. The Bertz CT molecular complexity index is 909. The lowest BCUT2D eigenvalue weighted by Crippen LogP contribution is -2.21. The molecule has 0 spiro atoms. The molecule has 0 N–H and O–H groups in total. The fourth-order valence-electron chi connectivity index (χ4n) is 2.98. The largest absolute Gasteiger partial charge is 0.354 e. The molecule has 1 aliphatic heterocycles. The van der Waals surface area contributed by atoms with Crippen molar-refractivity contribution in [1.82, 2.24) is 24.6 Å². The van der Waals surface area contributed by atoms with E-state index in [1.165, 1.54) is 0 Å². The van der Waals surface area contributed by atoms with E-state index >= 15 is 0 Å². The predicted molar refractivity (Wildman–Crippen MR) is 95.1 cm³/mol. The first kappa shape index (κ1) is 15.7. The summed E-state index contributed by atoms with van der Waals surface area (Å²) in [7, 11) is 0. The SMILES string of the molecule is Cc1ncc(C)n2nc(C=Cc3cccc(N4CCC(F)C4)n3)nc12. The smallest absolute Gasteiger partial charge is 0.177 e. The molecule has 1 unspecified atom stereocenters. The van der Waals surface area contributed by atoms with Crippen molar-refractivity contribution < 1.29 is 4.39 Å². The van der Waals surface area contributed by atoms with Gasteiger partial charge in [-0.2, -0.15) is 0 Å². The Kier molecular flexibility index (Phi) is 3.91. The summed E-state index contributed by atoms with van der Waals surface area (Å²) in [5.74, 6) is 1.41. The molecule has 3 aromatic heterocycles. The lowest BCUT2D eigenvalue weighted by Gasteiger charge is -2.16. The van der Waals surface area contributed by atoms with Crippen LogP contribution in [0.5, 0.6) is 0 Å². The molecular formula is C18H19FN6. The first-order valence-corrected chi connectivity index (χ1v) is 8.33. The van der Waals surface area contributed by atoms with Crippen LogP contribution in [0.25, 0.3) is 17.8 Å². The maximum atomic E-state index is 13.4. The quantitative estimate of drug-likeness (QED) is 0.735. The molecule has 7 heteroatoms. The number of anilines is 1. The molecule has 128 valence electrons. The van der Waals surface area contributed by atoms with Crippen molar-refractivity contribution in [3.8, 4) is 0 Å². The fraction of sp³-hybridized carbons (Fsp3) is 0.333. The third kappa shape index (κ3) is 3.09. The van der Waals surface area contributed by atoms with E-state index < -0.39 is 6.17 Å². The van der Waals surface area contributed by atoms with Crippen LogP contribution < -0.4 is 4.90 Å². The highest BCUT2D eigenvalue weighted by Gasteiger charge is 2.22.